The zero-order valence-corrected chi connectivity index (χ0v) is 13.1. The Hall–Kier alpha value is -0.980. The van der Waals surface area contributed by atoms with Crippen molar-refractivity contribution in [3.8, 4) is 0 Å². The van der Waals surface area contributed by atoms with Gasteiger partial charge in [0.25, 0.3) is 0 Å². The number of amides is 1. The molecule has 1 aromatic heterocycles. The molecule has 1 aromatic rings. The first-order valence-corrected chi connectivity index (χ1v) is 8.20. The summed E-state index contributed by atoms with van der Waals surface area (Å²) in [6, 6.07) is 0. The Balaban J connectivity index is 1.78. The molecule has 1 saturated heterocycles. The molecule has 0 radical (unpaired) electrons. The third kappa shape index (κ3) is 4.85. The summed E-state index contributed by atoms with van der Waals surface area (Å²) in [7, 11) is 0. The Morgan fingerprint density at radius 3 is 3.10 bits per heavy atom. The van der Waals surface area contributed by atoms with Crippen molar-refractivity contribution in [3.05, 3.63) is 11.1 Å². The minimum atomic E-state index is 0.0324. The van der Waals surface area contributed by atoms with Crippen LogP contribution in [-0.2, 0) is 4.79 Å². The first-order chi connectivity index (χ1) is 9.67. The molecule has 1 amide bonds. The summed E-state index contributed by atoms with van der Waals surface area (Å²) in [5.74, 6) is 0.698. The van der Waals surface area contributed by atoms with Gasteiger partial charge in [-0.25, -0.2) is 4.98 Å². The predicted octanol–water partition coefficient (Wildman–Crippen LogP) is 1.71. The average Bonchev–Trinajstić information content (AvgIpc) is 2.84. The molecule has 20 heavy (non-hydrogen) atoms. The number of nitrogens with zero attached hydrogens (tertiary/aromatic N) is 2. The number of aromatic nitrogens is 1. The highest BCUT2D eigenvalue weighted by molar-refractivity contribution is 7.13. The third-order valence-electron chi connectivity index (χ3n) is 3.60. The van der Waals surface area contributed by atoms with Gasteiger partial charge < -0.3 is 10.6 Å². The maximum absolute atomic E-state index is 12.0. The van der Waals surface area contributed by atoms with Crippen molar-refractivity contribution in [2.75, 3.05) is 38.0 Å². The van der Waals surface area contributed by atoms with Gasteiger partial charge in [0, 0.05) is 11.9 Å². The van der Waals surface area contributed by atoms with E-state index in [0.29, 0.717) is 17.6 Å². The van der Waals surface area contributed by atoms with Crippen molar-refractivity contribution >= 4 is 22.4 Å². The maximum atomic E-state index is 12.0. The van der Waals surface area contributed by atoms with Crippen LogP contribution < -0.4 is 10.6 Å². The Labute approximate surface area is 124 Å². The number of hydrogen-bond donors (Lipinski definition) is 2. The fourth-order valence-electron chi connectivity index (χ4n) is 2.52. The van der Waals surface area contributed by atoms with Crippen LogP contribution in [-0.4, -0.2) is 48.5 Å². The van der Waals surface area contributed by atoms with E-state index in [9.17, 15) is 4.79 Å². The molecule has 6 heteroatoms. The number of nitrogens with one attached hydrogen (secondary N) is 2. The van der Waals surface area contributed by atoms with Crippen LogP contribution >= 0.6 is 11.3 Å². The van der Waals surface area contributed by atoms with E-state index >= 15 is 0 Å². The molecule has 2 rings (SSSR count). The summed E-state index contributed by atoms with van der Waals surface area (Å²) < 4.78 is 0. The number of rotatable bonds is 6. The molecule has 0 aromatic carbocycles. The summed E-state index contributed by atoms with van der Waals surface area (Å²) in [5.41, 5.74) is 0.950. The standard InChI is InChI=1S/C14H24N4OS/c1-3-18(8-12-5-4-6-15-7-12)9-13(19)17-14-16-11(2)10-20-14/h10,12,15H,3-9H2,1-2H3,(H,16,17,19). The molecule has 1 aliphatic rings. The van der Waals surface area contributed by atoms with Gasteiger partial charge in [-0.1, -0.05) is 6.92 Å². The average molecular weight is 296 g/mol. The van der Waals surface area contributed by atoms with Gasteiger partial charge in [-0.2, -0.15) is 0 Å². The molecule has 2 heterocycles. The molecular weight excluding hydrogens is 272 g/mol. The van der Waals surface area contributed by atoms with E-state index in [4.69, 9.17) is 0 Å². The fraction of sp³-hybridized carbons (Fsp3) is 0.714. The van der Waals surface area contributed by atoms with Crippen LogP contribution in [0.5, 0.6) is 0 Å². The lowest BCUT2D eigenvalue weighted by Crippen LogP contribution is -2.41. The SMILES string of the molecule is CCN(CC(=O)Nc1nc(C)cs1)CC1CCCNC1. The Kier molecular flexibility index (Phi) is 5.94. The van der Waals surface area contributed by atoms with Crippen molar-refractivity contribution < 1.29 is 4.79 Å². The lowest BCUT2D eigenvalue weighted by atomic mass is 9.99. The highest BCUT2D eigenvalue weighted by Crippen LogP contribution is 2.15. The molecule has 5 nitrogen and oxygen atoms in total. The molecule has 1 atom stereocenters. The fourth-order valence-corrected chi connectivity index (χ4v) is 3.23. The lowest BCUT2D eigenvalue weighted by Gasteiger charge is -2.28. The van der Waals surface area contributed by atoms with Crippen molar-refractivity contribution in [3.63, 3.8) is 0 Å². The Morgan fingerprint density at radius 1 is 1.65 bits per heavy atom. The van der Waals surface area contributed by atoms with Crippen LogP contribution in [0, 0.1) is 12.8 Å². The largest absolute Gasteiger partial charge is 0.316 e. The van der Waals surface area contributed by atoms with Gasteiger partial charge in [0.1, 0.15) is 0 Å². The molecule has 0 saturated carbocycles. The number of carbonyl (C=O) groups is 1. The Bertz CT molecular complexity index is 429. The van der Waals surface area contributed by atoms with E-state index in [1.165, 1.54) is 24.2 Å². The topological polar surface area (TPSA) is 57.3 Å². The van der Waals surface area contributed by atoms with Crippen molar-refractivity contribution in [2.24, 2.45) is 5.92 Å². The van der Waals surface area contributed by atoms with Gasteiger partial charge >= 0.3 is 0 Å². The number of likely N-dealkylation sites (N-methyl/N-ethyl adjacent to an activating group) is 1. The molecule has 2 N–H and O–H groups in total. The van der Waals surface area contributed by atoms with E-state index in [2.05, 4.69) is 27.4 Å². The zero-order chi connectivity index (χ0) is 14.4. The summed E-state index contributed by atoms with van der Waals surface area (Å²) >= 11 is 1.48. The van der Waals surface area contributed by atoms with Crippen LogP contribution in [0.2, 0.25) is 0 Å². The molecule has 1 unspecified atom stereocenters. The highest BCUT2D eigenvalue weighted by atomic mass is 32.1. The van der Waals surface area contributed by atoms with Gasteiger partial charge in [-0.3, -0.25) is 9.69 Å². The minimum Gasteiger partial charge on any atom is -0.316 e. The Morgan fingerprint density at radius 2 is 2.50 bits per heavy atom. The van der Waals surface area contributed by atoms with Crippen LogP contribution in [0.4, 0.5) is 5.13 Å². The minimum absolute atomic E-state index is 0.0324. The van der Waals surface area contributed by atoms with Gasteiger partial charge in [-0.15, -0.1) is 11.3 Å². The molecule has 0 spiro atoms. The van der Waals surface area contributed by atoms with Crippen LogP contribution in [0.25, 0.3) is 0 Å². The molecule has 1 aliphatic heterocycles. The van der Waals surface area contributed by atoms with Crippen LogP contribution in [0.3, 0.4) is 0 Å². The molecule has 0 bridgehead atoms. The smallest absolute Gasteiger partial charge is 0.240 e. The quantitative estimate of drug-likeness (QED) is 0.839. The van der Waals surface area contributed by atoms with Gasteiger partial charge in [0.05, 0.1) is 12.2 Å². The van der Waals surface area contributed by atoms with Crippen molar-refractivity contribution in [1.29, 1.82) is 0 Å². The van der Waals surface area contributed by atoms with E-state index in [1.807, 2.05) is 12.3 Å². The number of thiazole rings is 1. The third-order valence-corrected chi connectivity index (χ3v) is 4.47. The molecule has 1 fully saturated rings. The lowest BCUT2D eigenvalue weighted by molar-refractivity contribution is -0.117. The summed E-state index contributed by atoms with van der Waals surface area (Å²) in [6.45, 7) is 8.59. The highest BCUT2D eigenvalue weighted by Gasteiger charge is 2.18. The normalized spacial score (nSPS) is 19.2. The van der Waals surface area contributed by atoms with Gasteiger partial charge in [0.15, 0.2) is 5.13 Å². The zero-order valence-electron chi connectivity index (χ0n) is 12.3. The van der Waals surface area contributed by atoms with Gasteiger partial charge in [-0.05, 0) is 45.3 Å². The van der Waals surface area contributed by atoms with Crippen LogP contribution in [0.1, 0.15) is 25.5 Å². The second-order valence-electron chi connectivity index (χ2n) is 5.38. The van der Waals surface area contributed by atoms with E-state index in [1.54, 1.807) is 0 Å². The first kappa shape index (κ1) is 15.4. The van der Waals surface area contributed by atoms with Crippen molar-refractivity contribution in [2.45, 2.75) is 26.7 Å². The molecule has 0 aliphatic carbocycles. The number of hydrogen-bond acceptors (Lipinski definition) is 5. The summed E-state index contributed by atoms with van der Waals surface area (Å²) in [4.78, 5) is 18.5. The van der Waals surface area contributed by atoms with Crippen molar-refractivity contribution in [1.82, 2.24) is 15.2 Å². The summed E-state index contributed by atoms with van der Waals surface area (Å²) in [6.07, 6.45) is 2.50. The number of aryl methyl sites for hydroxylation is 1. The van der Waals surface area contributed by atoms with E-state index in [0.717, 1.165) is 31.9 Å². The second kappa shape index (κ2) is 7.71. The second-order valence-corrected chi connectivity index (χ2v) is 6.24. The maximum Gasteiger partial charge on any atom is 0.240 e. The first-order valence-electron chi connectivity index (χ1n) is 7.32. The monoisotopic (exact) mass is 296 g/mol. The predicted molar refractivity (Wildman–Crippen MR) is 83.2 cm³/mol. The number of anilines is 1. The number of piperidine rings is 1. The molecule has 112 valence electrons. The van der Waals surface area contributed by atoms with E-state index < -0.39 is 0 Å². The van der Waals surface area contributed by atoms with E-state index in [-0.39, 0.29) is 5.91 Å². The van der Waals surface area contributed by atoms with Crippen LogP contribution in [0.15, 0.2) is 5.38 Å². The summed E-state index contributed by atoms with van der Waals surface area (Å²) in [5, 5.41) is 8.94. The van der Waals surface area contributed by atoms with Gasteiger partial charge in [0.2, 0.25) is 5.91 Å². The molecular formula is C14H24N4OS. The number of carbonyl (C=O) groups excluding carboxylic acids is 1.